The Hall–Kier alpha value is -3.34. The number of anilines is 1. The van der Waals surface area contributed by atoms with Crippen molar-refractivity contribution in [3.8, 4) is 6.07 Å². The number of ether oxygens (including phenoxy) is 1. The minimum atomic E-state index is -0.720. The molecule has 0 radical (unpaired) electrons. The Bertz CT molecular complexity index is 992. The van der Waals surface area contributed by atoms with Gasteiger partial charge < -0.3 is 20.3 Å². The van der Waals surface area contributed by atoms with E-state index in [0.29, 0.717) is 24.5 Å². The predicted molar refractivity (Wildman–Crippen MR) is 114 cm³/mol. The van der Waals surface area contributed by atoms with Gasteiger partial charge in [0.1, 0.15) is 23.5 Å². The van der Waals surface area contributed by atoms with Crippen LogP contribution in [0.5, 0.6) is 0 Å². The number of amides is 2. The number of fused-ring (bicyclic) bond motifs is 1. The third-order valence-electron chi connectivity index (χ3n) is 4.78. The zero-order valence-electron chi connectivity index (χ0n) is 17.7. The molecule has 1 aliphatic rings. The van der Waals surface area contributed by atoms with Gasteiger partial charge >= 0.3 is 6.09 Å². The minimum absolute atomic E-state index is 0.0970. The molecule has 2 N–H and O–H groups in total. The predicted octanol–water partition coefficient (Wildman–Crippen LogP) is 2.71. The Balaban J connectivity index is 1.62. The van der Waals surface area contributed by atoms with E-state index in [-0.39, 0.29) is 11.9 Å². The van der Waals surface area contributed by atoms with Crippen LogP contribution in [0.1, 0.15) is 39.7 Å². The van der Waals surface area contributed by atoms with Crippen LogP contribution in [0.15, 0.2) is 30.3 Å². The van der Waals surface area contributed by atoms with Crippen molar-refractivity contribution in [2.75, 3.05) is 18.0 Å². The largest absolute Gasteiger partial charge is 0.444 e. The molecular weight excluding hydrogens is 382 g/mol. The normalized spacial score (nSPS) is 17.3. The zero-order chi connectivity index (χ0) is 21.9. The lowest BCUT2D eigenvalue weighted by Gasteiger charge is -2.23. The standard InChI is InChI=1S/C22H27N5O3/c1-14(24-21(29)30-22(2,3)4)20(28)25-17-9-10-27(13-17)19-16(12-23)11-15-7-5-6-8-18(15)26-19/h5-8,11,14,17H,9-10,13H2,1-4H3,(H,24,29)(H,25,28)/t14-,17-/m0/s1. The van der Waals surface area contributed by atoms with Gasteiger partial charge in [-0.1, -0.05) is 18.2 Å². The fourth-order valence-corrected chi connectivity index (χ4v) is 3.38. The molecule has 2 amide bonds. The van der Waals surface area contributed by atoms with Gasteiger partial charge in [0.2, 0.25) is 5.91 Å². The highest BCUT2D eigenvalue weighted by atomic mass is 16.6. The van der Waals surface area contributed by atoms with Crippen molar-refractivity contribution in [2.24, 2.45) is 0 Å². The van der Waals surface area contributed by atoms with E-state index in [1.165, 1.54) is 0 Å². The third-order valence-corrected chi connectivity index (χ3v) is 4.78. The third kappa shape index (κ3) is 5.17. The molecule has 1 saturated heterocycles. The summed E-state index contributed by atoms with van der Waals surface area (Å²) in [7, 11) is 0. The van der Waals surface area contributed by atoms with Gasteiger partial charge in [-0.25, -0.2) is 9.78 Å². The molecule has 8 heteroatoms. The molecule has 0 bridgehead atoms. The molecule has 30 heavy (non-hydrogen) atoms. The molecule has 158 valence electrons. The van der Waals surface area contributed by atoms with Gasteiger partial charge in [-0.2, -0.15) is 5.26 Å². The number of rotatable bonds is 4. The van der Waals surface area contributed by atoms with Crippen LogP contribution in [0, 0.1) is 11.3 Å². The van der Waals surface area contributed by atoms with Crippen molar-refractivity contribution in [1.82, 2.24) is 15.6 Å². The summed E-state index contributed by atoms with van der Waals surface area (Å²) >= 11 is 0. The highest BCUT2D eigenvalue weighted by Gasteiger charge is 2.29. The highest BCUT2D eigenvalue weighted by molar-refractivity contribution is 5.86. The highest BCUT2D eigenvalue weighted by Crippen LogP contribution is 2.26. The van der Waals surface area contributed by atoms with E-state index in [1.807, 2.05) is 35.2 Å². The Morgan fingerprint density at radius 1 is 1.33 bits per heavy atom. The number of hydrogen-bond acceptors (Lipinski definition) is 6. The van der Waals surface area contributed by atoms with E-state index in [2.05, 4.69) is 21.7 Å². The maximum atomic E-state index is 12.5. The number of nitrogens with one attached hydrogen (secondary N) is 2. The average Bonchev–Trinajstić information content (AvgIpc) is 3.13. The molecule has 1 fully saturated rings. The number of nitriles is 1. The van der Waals surface area contributed by atoms with Gasteiger partial charge in [-0.3, -0.25) is 4.79 Å². The Labute approximate surface area is 176 Å². The smallest absolute Gasteiger partial charge is 0.408 e. The van der Waals surface area contributed by atoms with Gasteiger partial charge in [-0.05, 0) is 46.2 Å². The molecule has 0 unspecified atom stereocenters. The molecule has 3 rings (SSSR count). The van der Waals surface area contributed by atoms with Crippen LogP contribution in [0.2, 0.25) is 0 Å². The monoisotopic (exact) mass is 409 g/mol. The zero-order valence-corrected chi connectivity index (χ0v) is 17.7. The number of alkyl carbamates (subject to hydrolysis) is 1. The van der Waals surface area contributed by atoms with Crippen LogP contribution in [0.3, 0.4) is 0 Å². The van der Waals surface area contributed by atoms with Gasteiger partial charge in [0.15, 0.2) is 0 Å². The summed E-state index contributed by atoms with van der Waals surface area (Å²) in [6, 6.07) is 10.9. The Kier molecular flexibility index (Phi) is 6.11. The minimum Gasteiger partial charge on any atom is -0.444 e. The lowest BCUT2D eigenvalue weighted by molar-refractivity contribution is -0.123. The number of carbonyl (C=O) groups excluding carboxylic acids is 2. The molecular formula is C22H27N5O3. The number of nitrogens with zero attached hydrogens (tertiary/aromatic N) is 3. The number of pyridine rings is 1. The van der Waals surface area contributed by atoms with E-state index >= 15 is 0 Å². The van der Waals surface area contributed by atoms with Crippen molar-refractivity contribution >= 4 is 28.7 Å². The summed E-state index contributed by atoms with van der Waals surface area (Å²) in [5.41, 5.74) is 0.715. The molecule has 2 atom stereocenters. The number of para-hydroxylation sites is 1. The molecule has 1 aliphatic heterocycles. The Morgan fingerprint density at radius 2 is 2.07 bits per heavy atom. The first-order valence-corrected chi connectivity index (χ1v) is 10.0. The fourth-order valence-electron chi connectivity index (χ4n) is 3.38. The average molecular weight is 409 g/mol. The second kappa shape index (κ2) is 8.57. The number of benzene rings is 1. The van der Waals surface area contributed by atoms with Crippen LogP contribution < -0.4 is 15.5 Å². The summed E-state index contributed by atoms with van der Waals surface area (Å²) in [5.74, 6) is 0.354. The summed E-state index contributed by atoms with van der Waals surface area (Å²) in [6.45, 7) is 8.14. The van der Waals surface area contributed by atoms with Crippen molar-refractivity contribution in [1.29, 1.82) is 5.26 Å². The summed E-state index contributed by atoms with van der Waals surface area (Å²) in [4.78, 5) is 31.0. The topological polar surface area (TPSA) is 107 Å². The van der Waals surface area contributed by atoms with Crippen molar-refractivity contribution in [3.63, 3.8) is 0 Å². The SMILES string of the molecule is C[C@H](NC(=O)OC(C)(C)C)C(=O)N[C@H]1CCN(c2nc3ccccc3cc2C#N)C1. The summed E-state index contributed by atoms with van der Waals surface area (Å²) in [5, 5.41) is 16.0. The molecule has 0 saturated carbocycles. The van der Waals surface area contributed by atoms with Gasteiger partial charge in [0, 0.05) is 24.5 Å². The van der Waals surface area contributed by atoms with Gasteiger partial charge in [-0.15, -0.1) is 0 Å². The van der Waals surface area contributed by atoms with E-state index in [9.17, 15) is 14.9 Å². The first-order valence-electron chi connectivity index (χ1n) is 10.0. The van der Waals surface area contributed by atoms with Crippen LogP contribution in [-0.2, 0) is 9.53 Å². The van der Waals surface area contributed by atoms with E-state index in [0.717, 1.165) is 17.3 Å². The van der Waals surface area contributed by atoms with Crippen LogP contribution in [0.25, 0.3) is 10.9 Å². The first-order chi connectivity index (χ1) is 14.2. The second-order valence-electron chi connectivity index (χ2n) is 8.47. The number of hydrogen-bond donors (Lipinski definition) is 2. The van der Waals surface area contributed by atoms with Gasteiger partial charge in [0.25, 0.3) is 0 Å². The fraction of sp³-hybridized carbons (Fsp3) is 0.455. The van der Waals surface area contributed by atoms with Gasteiger partial charge in [0.05, 0.1) is 11.1 Å². The second-order valence-corrected chi connectivity index (χ2v) is 8.47. The molecule has 0 aliphatic carbocycles. The Morgan fingerprint density at radius 3 is 2.77 bits per heavy atom. The molecule has 1 aromatic carbocycles. The number of aromatic nitrogens is 1. The number of carbonyl (C=O) groups is 2. The summed E-state index contributed by atoms with van der Waals surface area (Å²) in [6.07, 6.45) is 0.0989. The van der Waals surface area contributed by atoms with Crippen molar-refractivity contribution in [3.05, 3.63) is 35.9 Å². The lowest BCUT2D eigenvalue weighted by atomic mass is 10.1. The van der Waals surface area contributed by atoms with Crippen LogP contribution >= 0.6 is 0 Å². The van der Waals surface area contributed by atoms with Crippen LogP contribution in [0.4, 0.5) is 10.6 Å². The molecule has 1 aromatic heterocycles. The van der Waals surface area contributed by atoms with E-state index in [1.54, 1.807) is 27.7 Å². The lowest BCUT2D eigenvalue weighted by Crippen LogP contribution is -2.49. The van der Waals surface area contributed by atoms with E-state index in [4.69, 9.17) is 4.74 Å². The maximum Gasteiger partial charge on any atom is 0.408 e. The van der Waals surface area contributed by atoms with Crippen molar-refractivity contribution < 1.29 is 14.3 Å². The molecule has 2 heterocycles. The quantitative estimate of drug-likeness (QED) is 0.804. The first kappa shape index (κ1) is 21.4. The van der Waals surface area contributed by atoms with Crippen LogP contribution in [-0.4, -0.2) is 47.8 Å². The maximum absolute atomic E-state index is 12.5. The molecule has 8 nitrogen and oxygen atoms in total. The van der Waals surface area contributed by atoms with Crippen molar-refractivity contribution in [2.45, 2.75) is 51.8 Å². The van der Waals surface area contributed by atoms with E-state index < -0.39 is 17.7 Å². The summed E-state index contributed by atoms with van der Waals surface area (Å²) < 4.78 is 5.19. The molecule has 0 spiro atoms. The molecule has 2 aromatic rings.